The van der Waals surface area contributed by atoms with Crippen LogP contribution >= 0.6 is 15.9 Å². The van der Waals surface area contributed by atoms with E-state index in [1.165, 1.54) is 25.7 Å². The molecule has 1 aromatic carbocycles. The number of fused-ring (bicyclic) bond motifs is 1. The number of nitrogens with zero attached hydrogens (tertiary/aromatic N) is 2. The lowest BCUT2D eigenvalue weighted by molar-refractivity contribution is -0.170. The lowest BCUT2D eigenvalue weighted by Crippen LogP contribution is -2.56. The molecule has 30 heavy (non-hydrogen) atoms. The topological polar surface area (TPSA) is 63.6 Å². The fraction of sp³-hybridized carbons (Fsp3) is 0.565. The summed E-state index contributed by atoms with van der Waals surface area (Å²) >= 11 is 3.61. The van der Waals surface area contributed by atoms with Crippen molar-refractivity contribution in [2.45, 2.75) is 45.4 Å². The van der Waals surface area contributed by atoms with Crippen LogP contribution in [0.4, 0.5) is 10.5 Å². The summed E-state index contributed by atoms with van der Waals surface area (Å²) in [6, 6.07) is 5.63. The van der Waals surface area contributed by atoms with Gasteiger partial charge in [0.15, 0.2) is 0 Å². The van der Waals surface area contributed by atoms with E-state index in [2.05, 4.69) is 21.2 Å². The highest BCUT2D eigenvalue weighted by Gasteiger charge is 2.51. The average molecular weight is 476 g/mol. The Bertz CT molecular complexity index is 943. The molecule has 1 saturated carbocycles. The molecule has 7 heteroatoms. The van der Waals surface area contributed by atoms with Crippen LogP contribution in [0.3, 0.4) is 0 Å². The van der Waals surface area contributed by atoms with Gasteiger partial charge in [-0.25, -0.2) is 4.79 Å². The van der Waals surface area contributed by atoms with Gasteiger partial charge in [-0.2, -0.15) is 0 Å². The highest BCUT2D eigenvalue weighted by atomic mass is 79.9. The molecule has 2 aliphatic rings. The van der Waals surface area contributed by atoms with Crippen molar-refractivity contribution in [2.24, 2.45) is 11.3 Å². The largest absolute Gasteiger partial charge is 0.379 e. The van der Waals surface area contributed by atoms with E-state index in [1.807, 2.05) is 25.1 Å². The van der Waals surface area contributed by atoms with E-state index in [4.69, 9.17) is 4.74 Å². The molecule has 0 spiro atoms. The summed E-state index contributed by atoms with van der Waals surface area (Å²) in [5.74, 6) is 0.380. The molecule has 2 heterocycles. The van der Waals surface area contributed by atoms with Gasteiger partial charge < -0.3 is 15.0 Å². The zero-order chi connectivity index (χ0) is 21.3. The van der Waals surface area contributed by atoms with Gasteiger partial charge in [-0.1, -0.05) is 47.7 Å². The van der Waals surface area contributed by atoms with Crippen LogP contribution in [0.15, 0.2) is 28.9 Å². The lowest BCUT2D eigenvalue weighted by atomic mass is 9.69. The van der Waals surface area contributed by atoms with Gasteiger partial charge in [0.2, 0.25) is 5.91 Å². The first-order valence-corrected chi connectivity index (χ1v) is 11.7. The van der Waals surface area contributed by atoms with Crippen LogP contribution in [-0.4, -0.2) is 48.2 Å². The molecule has 0 atom stereocenters. The number of carbonyl (C=O) groups excluding carboxylic acids is 2. The highest BCUT2D eigenvalue weighted by Crippen LogP contribution is 2.44. The minimum absolute atomic E-state index is 0.0201. The van der Waals surface area contributed by atoms with Crippen LogP contribution in [0.5, 0.6) is 0 Å². The monoisotopic (exact) mass is 475 g/mol. The molecule has 1 N–H and O–H groups in total. The van der Waals surface area contributed by atoms with Gasteiger partial charge in [-0.05, 0) is 37.8 Å². The number of halogens is 1. The van der Waals surface area contributed by atoms with Gasteiger partial charge >= 0.3 is 6.03 Å². The zero-order valence-corrected chi connectivity index (χ0v) is 19.3. The van der Waals surface area contributed by atoms with Crippen LogP contribution in [0.2, 0.25) is 0 Å². The highest BCUT2D eigenvalue weighted by molar-refractivity contribution is 9.10. The van der Waals surface area contributed by atoms with E-state index in [0.29, 0.717) is 31.4 Å². The summed E-state index contributed by atoms with van der Waals surface area (Å²) < 4.78 is 8.03. The van der Waals surface area contributed by atoms with Crippen molar-refractivity contribution in [3.63, 3.8) is 0 Å². The molecule has 0 unspecified atom stereocenters. The number of nitrogens with one attached hydrogen (secondary N) is 1. The fourth-order valence-corrected chi connectivity index (χ4v) is 5.34. The fourth-order valence-electron chi connectivity index (χ4n) is 4.77. The van der Waals surface area contributed by atoms with Crippen molar-refractivity contribution in [3.05, 3.63) is 28.9 Å². The molecule has 6 nitrogen and oxygen atoms in total. The van der Waals surface area contributed by atoms with Crippen molar-refractivity contribution in [1.29, 1.82) is 0 Å². The number of hydrogen-bond acceptors (Lipinski definition) is 3. The number of hydrogen-bond donors (Lipinski definition) is 1. The number of rotatable bonds is 4. The van der Waals surface area contributed by atoms with E-state index in [9.17, 15) is 9.59 Å². The Labute approximate surface area is 186 Å². The number of aromatic nitrogens is 1. The van der Waals surface area contributed by atoms with E-state index >= 15 is 0 Å². The summed E-state index contributed by atoms with van der Waals surface area (Å²) in [5.41, 5.74) is 0.989. The van der Waals surface area contributed by atoms with Gasteiger partial charge in [-0.15, -0.1) is 0 Å². The first-order chi connectivity index (χ1) is 14.5. The maximum atomic E-state index is 13.5. The Balaban J connectivity index is 1.68. The molecule has 162 valence electrons. The Morgan fingerprint density at radius 3 is 2.53 bits per heavy atom. The minimum Gasteiger partial charge on any atom is -0.379 e. The van der Waals surface area contributed by atoms with Crippen molar-refractivity contribution < 1.29 is 14.3 Å². The number of ether oxygens (including phenoxy) is 1. The maximum Gasteiger partial charge on any atom is 0.328 e. The normalized spacial score (nSPS) is 19.2. The first kappa shape index (κ1) is 21.4. The van der Waals surface area contributed by atoms with Crippen LogP contribution in [-0.2, 0) is 9.53 Å². The van der Waals surface area contributed by atoms with Crippen LogP contribution in [0.1, 0.15) is 45.4 Å². The van der Waals surface area contributed by atoms with Crippen LogP contribution in [0, 0.1) is 11.3 Å². The van der Waals surface area contributed by atoms with E-state index < -0.39 is 5.41 Å². The second-order valence-corrected chi connectivity index (χ2v) is 9.49. The molecule has 4 rings (SSSR count). The second-order valence-electron chi connectivity index (χ2n) is 8.64. The van der Waals surface area contributed by atoms with E-state index in [1.54, 1.807) is 22.7 Å². The molecule has 0 bridgehead atoms. The lowest BCUT2D eigenvalue weighted by Gasteiger charge is -2.45. The predicted molar refractivity (Wildman–Crippen MR) is 122 cm³/mol. The summed E-state index contributed by atoms with van der Waals surface area (Å²) in [6.07, 6.45) is 8.79. The van der Waals surface area contributed by atoms with Gasteiger partial charge in [0.25, 0.3) is 0 Å². The van der Waals surface area contributed by atoms with E-state index in [0.717, 1.165) is 28.2 Å². The standard InChI is InChI=1S/C23H30BrN3O3/c1-3-26(2)22(29)27-13-18(20-17(24)11-8-12-19(20)27)25-21(28)23(14-30-15-23)16-9-6-4-5-7-10-16/h8,11-13,16H,3-7,9-10,14-15H2,1-2H3,(H,25,28). The molecular formula is C23H30BrN3O3. The van der Waals surface area contributed by atoms with Crippen molar-refractivity contribution in [1.82, 2.24) is 9.47 Å². The average Bonchev–Trinajstić information content (AvgIpc) is 2.87. The molecule has 2 amide bonds. The molecule has 2 fully saturated rings. The van der Waals surface area contributed by atoms with E-state index in [-0.39, 0.29) is 11.9 Å². The maximum absolute atomic E-state index is 13.5. The number of amides is 2. The molecule has 1 saturated heterocycles. The molecule has 1 aliphatic carbocycles. The Kier molecular flexibility index (Phi) is 6.21. The Hall–Kier alpha value is -1.86. The van der Waals surface area contributed by atoms with Crippen molar-refractivity contribution in [3.8, 4) is 0 Å². The Morgan fingerprint density at radius 1 is 1.23 bits per heavy atom. The Morgan fingerprint density at radius 2 is 1.93 bits per heavy atom. The third-order valence-electron chi connectivity index (χ3n) is 6.84. The van der Waals surface area contributed by atoms with Crippen molar-refractivity contribution in [2.75, 3.05) is 32.1 Å². The third kappa shape index (κ3) is 3.66. The SMILES string of the molecule is CCN(C)C(=O)n1cc(NC(=O)C2(C3CCCCCC3)COC2)c2c(Br)cccc21. The summed E-state index contributed by atoms with van der Waals surface area (Å²) in [6.45, 7) is 3.52. The molecule has 2 aromatic rings. The first-order valence-electron chi connectivity index (χ1n) is 10.9. The van der Waals surface area contributed by atoms with Gasteiger partial charge in [-0.3, -0.25) is 9.36 Å². The third-order valence-corrected chi connectivity index (χ3v) is 7.50. The van der Waals surface area contributed by atoms with Gasteiger partial charge in [0.1, 0.15) is 0 Å². The number of carbonyl (C=O) groups is 2. The van der Waals surface area contributed by atoms with Gasteiger partial charge in [0, 0.05) is 29.6 Å². The number of benzene rings is 1. The van der Waals surface area contributed by atoms with Crippen molar-refractivity contribution >= 4 is 44.5 Å². The smallest absolute Gasteiger partial charge is 0.328 e. The molecular weight excluding hydrogens is 446 g/mol. The van der Waals surface area contributed by atoms with Crippen LogP contribution < -0.4 is 5.32 Å². The van der Waals surface area contributed by atoms with Crippen LogP contribution in [0.25, 0.3) is 10.9 Å². The summed E-state index contributed by atoms with van der Waals surface area (Å²) in [5, 5.41) is 4.03. The molecule has 0 radical (unpaired) electrons. The second kappa shape index (κ2) is 8.71. The minimum atomic E-state index is -0.454. The number of anilines is 1. The molecule has 1 aromatic heterocycles. The van der Waals surface area contributed by atoms with Gasteiger partial charge in [0.05, 0.1) is 29.8 Å². The predicted octanol–water partition coefficient (Wildman–Crippen LogP) is 5.25. The summed E-state index contributed by atoms with van der Waals surface area (Å²) in [4.78, 5) is 28.1. The quantitative estimate of drug-likeness (QED) is 0.614. The zero-order valence-electron chi connectivity index (χ0n) is 17.7. The molecule has 1 aliphatic heterocycles. The summed E-state index contributed by atoms with van der Waals surface area (Å²) in [7, 11) is 1.77.